The Bertz CT molecular complexity index is 335. The highest BCUT2D eigenvalue weighted by molar-refractivity contribution is 5.48. The van der Waals surface area contributed by atoms with Crippen LogP contribution in [0.5, 0.6) is 0 Å². The molecule has 0 aliphatic heterocycles. The molecule has 0 fully saturated rings. The third-order valence-corrected chi connectivity index (χ3v) is 3.05. The third-order valence-electron chi connectivity index (χ3n) is 3.05. The van der Waals surface area contributed by atoms with Crippen molar-refractivity contribution in [1.29, 1.82) is 0 Å². The number of nitrogens with zero attached hydrogens (tertiary/aromatic N) is 3. The zero-order valence-corrected chi connectivity index (χ0v) is 12.7. The quantitative estimate of drug-likeness (QED) is 0.654. The molecule has 0 bridgehead atoms. The van der Waals surface area contributed by atoms with Gasteiger partial charge < -0.3 is 10.2 Å². The summed E-state index contributed by atoms with van der Waals surface area (Å²) in [5.41, 5.74) is 0. The summed E-state index contributed by atoms with van der Waals surface area (Å²) in [4.78, 5) is 11.0. The van der Waals surface area contributed by atoms with E-state index in [-0.39, 0.29) is 0 Å². The van der Waals surface area contributed by atoms with E-state index < -0.39 is 0 Å². The highest BCUT2D eigenvalue weighted by atomic mass is 15.2. The molecule has 0 aliphatic carbocycles. The van der Waals surface area contributed by atoms with E-state index in [9.17, 15) is 0 Å². The molecule has 108 valence electrons. The molecule has 19 heavy (non-hydrogen) atoms. The number of rotatable bonds is 10. The Hall–Kier alpha value is -1.32. The Morgan fingerprint density at radius 1 is 1.00 bits per heavy atom. The van der Waals surface area contributed by atoms with Crippen LogP contribution in [0.15, 0.2) is 12.4 Å². The summed E-state index contributed by atoms with van der Waals surface area (Å²) in [6, 6.07) is 2.07. The monoisotopic (exact) mass is 264 g/mol. The minimum Gasteiger partial charge on any atom is -0.370 e. The lowest BCUT2D eigenvalue weighted by Crippen LogP contribution is -2.26. The first-order valence-electron chi connectivity index (χ1n) is 7.62. The first-order valence-corrected chi connectivity index (χ1v) is 7.62. The van der Waals surface area contributed by atoms with Crippen LogP contribution in [-0.2, 0) is 0 Å². The smallest absolute Gasteiger partial charge is 0.134 e. The maximum Gasteiger partial charge on any atom is 0.134 e. The summed E-state index contributed by atoms with van der Waals surface area (Å²) in [5.74, 6) is 1.98. The SMILES string of the molecule is CCCCCNc1cc(N(CCC)CCC)ncn1. The van der Waals surface area contributed by atoms with Crippen LogP contribution >= 0.6 is 0 Å². The lowest BCUT2D eigenvalue weighted by molar-refractivity contribution is 0.730. The molecule has 0 atom stereocenters. The molecule has 0 unspecified atom stereocenters. The first kappa shape index (κ1) is 15.7. The van der Waals surface area contributed by atoms with Crippen molar-refractivity contribution in [2.24, 2.45) is 0 Å². The second kappa shape index (κ2) is 9.59. The summed E-state index contributed by atoms with van der Waals surface area (Å²) in [6.45, 7) is 9.73. The summed E-state index contributed by atoms with van der Waals surface area (Å²) in [5, 5.41) is 3.38. The Balaban J connectivity index is 2.58. The van der Waals surface area contributed by atoms with Crippen LogP contribution in [0.2, 0.25) is 0 Å². The minimum absolute atomic E-state index is 0.943. The molecule has 1 heterocycles. The van der Waals surface area contributed by atoms with Crippen molar-refractivity contribution in [3.63, 3.8) is 0 Å². The summed E-state index contributed by atoms with van der Waals surface area (Å²) in [7, 11) is 0. The minimum atomic E-state index is 0.943. The molecule has 4 heteroatoms. The lowest BCUT2D eigenvalue weighted by atomic mass is 10.2. The largest absolute Gasteiger partial charge is 0.370 e. The zero-order chi connectivity index (χ0) is 13.9. The summed E-state index contributed by atoms with van der Waals surface area (Å²) < 4.78 is 0. The molecule has 1 aromatic heterocycles. The highest BCUT2D eigenvalue weighted by Crippen LogP contribution is 2.15. The van der Waals surface area contributed by atoms with Crippen molar-refractivity contribution >= 4 is 11.6 Å². The molecule has 4 nitrogen and oxygen atoms in total. The fourth-order valence-corrected chi connectivity index (χ4v) is 2.09. The average Bonchev–Trinajstić information content (AvgIpc) is 2.44. The van der Waals surface area contributed by atoms with Gasteiger partial charge in [-0.25, -0.2) is 9.97 Å². The number of unbranched alkanes of at least 4 members (excludes halogenated alkanes) is 2. The fourth-order valence-electron chi connectivity index (χ4n) is 2.09. The Morgan fingerprint density at radius 2 is 1.74 bits per heavy atom. The normalized spacial score (nSPS) is 10.5. The third kappa shape index (κ3) is 5.90. The number of aromatic nitrogens is 2. The van der Waals surface area contributed by atoms with Crippen LogP contribution in [0.25, 0.3) is 0 Å². The molecule has 0 radical (unpaired) electrons. The van der Waals surface area contributed by atoms with E-state index >= 15 is 0 Å². The topological polar surface area (TPSA) is 41.0 Å². The van der Waals surface area contributed by atoms with Gasteiger partial charge in [0.25, 0.3) is 0 Å². The van der Waals surface area contributed by atoms with Crippen molar-refractivity contribution in [3.05, 3.63) is 12.4 Å². The van der Waals surface area contributed by atoms with Gasteiger partial charge in [0.1, 0.15) is 18.0 Å². The first-order chi connectivity index (χ1) is 9.31. The van der Waals surface area contributed by atoms with Crippen LogP contribution in [-0.4, -0.2) is 29.6 Å². The number of nitrogens with one attached hydrogen (secondary N) is 1. The van der Waals surface area contributed by atoms with Gasteiger partial charge in [-0.2, -0.15) is 0 Å². The number of hydrogen-bond acceptors (Lipinski definition) is 4. The van der Waals surface area contributed by atoms with Gasteiger partial charge >= 0.3 is 0 Å². The molecule has 1 aromatic rings. The highest BCUT2D eigenvalue weighted by Gasteiger charge is 2.07. The van der Waals surface area contributed by atoms with Crippen molar-refractivity contribution in [2.45, 2.75) is 52.9 Å². The molecule has 0 saturated heterocycles. The van der Waals surface area contributed by atoms with Crippen LogP contribution in [0, 0.1) is 0 Å². The van der Waals surface area contributed by atoms with Gasteiger partial charge in [0, 0.05) is 25.7 Å². The van der Waals surface area contributed by atoms with Crippen molar-refractivity contribution in [3.8, 4) is 0 Å². The van der Waals surface area contributed by atoms with Crippen LogP contribution in [0.1, 0.15) is 52.9 Å². The van der Waals surface area contributed by atoms with Gasteiger partial charge in [-0.15, -0.1) is 0 Å². The molecule has 0 amide bonds. The molecule has 0 aromatic carbocycles. The van der Waals surface area contributed by atoms with Crippen molar-refractivity contribution in [2.75, 3.05) is 29.9 Å². The van der Waals surface area contributed by atoms with Gasteiger partial charge in [0.15, 0.2) is 0 Å². The molecular weight excluding hydrogens is 236 g/mol. The standard InChI is InChI=1S/C15H28N4/c1-4-7-8-9-16-14-12-15(18-13-17-14)19(10-5-2)11-6-3/h12-13H,4-11H2,1-3H3,(H,16,17,18). The Kier molecular flexibility index (Phi) is 7.94. The van der Waals surface area contributed by atoms with Gasteiger partial charge in [-0.1, -0.05) is 33.6 Å². The second-order valence-corrected chi connectivity index (χ2v) is 4.88. The predicted octanol–water partition coefficient (Wildman–Crippen LogP) is 3.71. The van der Waals surface area contributed by atoms with Gasteiger partial charge in [-0.05, 0) is 19.3 Å². The Morgan fingerprint density at radius 3 is 2.37 bits per heavy atom. The predicted molar refractivity (Wildman–Crippen MR) is 82.8 cm³/mol. The van der Waals surface area contributed by atoms with Crippen LogP contribution in [0.4, 0.5) is 11.6 Å². The lowest BCUT2D eigenvalue weighted by Gasteiger charge is -2.22. The average molecular weight is 264 g/mol. The van der Waals surface area contributed by atoms with E-state index in [1.807, 2.05) is 0 Å². The van der Waals surface area contributed by atoms with Gasteiger partial charge in [-0.3, -0.25) is 0 Å². The Labute approximate surface area is 117 Å². The molecule has 1 N–H and O–H groups in total. The molecule has 0 aliphatic rings. The van der Waals surface area contributed by atoms with Crippen molar-refractivity contribution < 1.29 is 0 Å². The van der Waals surface area contributed by atoms with Gasteiger partial charge in [0.05, 0.1) is 0 Å². The molecule has 1 rings (SSSR count). The maximum atomic E-state index is 4.40. The second-order valence-electron chi connectivity index (χ2n) is 4.88. The molecule has 0 spiro atoms. The van der Waals surface area contributed by atoms with E-state index in [0.29, 0.717) is 0 Å². The number of hydrogen-bond donors (Lipinski definition) is 1. The fraction of sp³-hybridized carbons (Fsp3) is 0.733. The van der Waals surface area contributed by atoms with E-state index in [0.717, 1.165) is 44.1 Å². The summed E-state index contributed by atoms with van der Waals surface area (Å²) >= 11 is 0. The van der Waals surface area contributed by atoms with Gasteiger partial charge in [0.2, 0.25) is 0 Å². The van der Waals surface area contributed by atoms with E-state index in [2.05, 4.69) is 47.0 Å². The molecule has 0 saturated carbocycles. The molecular formula is C15H28N4. The summed E-state index contributed by atoms with van der Waals surface area (Å²) in [6.07, 6.45) is 7.66. The zero-order valence-electron chi connectivity index (χ0n) is 12.7. The van der Waals surface area contributed by atoms with E-state index in [1.54, 1.807) is 6.33 Å². The maximum absolute atomic E-state index is 4.40. The van der Waals surface area contributed by atoms with E-state index in [4.69, 9.17) is 0 Å². The van der Waals surface area contributed by atoms with Crippen LogP contribution < -0.4 is 10.2 Å². The van der Waals surface area contributed by atoms with E-state index in [1.165, 1.54) is 19.3 Å². The van der Waals surface area contributed by atoms with Crippen molar-refractivity contribution in [1.82, 2.24) is 9.97 Å². The van der Waals surface area contributed by atoms with Crippen LogP contribution in [0.3, 0.4) is 0 Å². The number of anilines is 2.